The SMILES string of the molecule is Cc1nc(Nc2cc(C3CC3)[nH]n2)nc(NC(C)c2ncc(F)cn2)n1. The van der Waals surface area contributed by atoms with Crippen molar-refractivity contribution < 1.29 is 4.39 Å². The predicted octanol–water partition coefficient (Wildman–Crippen LogP) is 2.63. The van der Waals surface area contributed by atoms with Gasteiger partial charge >= 0.3 is 0 Å². The van der Waals surface area contributed by atoms with Crippen molar-refractivity contribution in [3.05, 3.63) is 41.6 Å². The van der Waals surface area contributed by atoms with E-state index in [1.807, 2.05) is 13.0 Å². The van der Waals surface area contributed by atoms with Crippen LogP contribution in [0.5, 0.6) is 0 Å². The van der Waals surface area contributed by atoms with E-state index in [1.54, 1.807) is 6.92 Å². The molecule has 1 unspecified atom stereocenters. The van der Waals surface area contributed by atoms with Gasteiger partial charge in [-0.05, 0) is 26.7 Å². The summed E-state index contributed by atoms with van der Waals surface area (Å²) >= 11 is 0. The average molecular weight is 355 g/mol. The summed E-state index contributed by atoms with van der Waals surface area (Å²) in [4.78, 5) is 20.8. The molecule has 3 N–H and O–H groups in total. The lowest BCUT2D eigenvalue weighted by Gasteiger charge is -2.13. The Morgan fingerprint density at radius 1 is 1.15 bits per heavy atom. The first kappa shape index (κ1) is 16.3. The van der Waals surface area contributed by atoms with Crippen molar-refractivity contribution in [3.63, 3.8) is 0 Å². The minimum absolute atomic E-state index is 0.294. The van der Waals surface area contributed by atoms with Crippen LogP contribution in [0.1, 0.15) is 49.1 Å². The van der Waals surface area contributed by atoms with Gasteiger partial charge in [0.25, 0.3) is 0 Å². The number of aryl methyl sites for hydroxylation is 1. The van der Waals surface area contributed by atoms with Crippen LogP contribution in [0.4, 0.5) is 22.1 Å². The van der Waals surface area contributed by atoms with Crippen LogP contribution >= 0.6 is 0 Å². The largest absolute Gasteiger partial charge is 0.344 e. The molecular formula is C16H18FN9. The Bertz CT molecular complexity index is 904. The Kier molecular flexibility index (Phi) is 4.15. The molecule has 1 saturated carbocycles. The number of aromatic nitrogens is 7. The molecule has 3 aromatic heterocycles. The number of anilines is 3. The summed E-state index contributed by atoms with van der Waals surface area (Å²) in [7, 11) is 0. The van der Waals surface area contributed by atoms with Crippen molar-refractivity contribution >= 4 is 17.7 Å². The van der Waals surface area contributed by atoms with Crippen LogP contribution in [0.15, 0.2) is 18.5 Å². The van der Waals surface area contributed by atoms with Gasteiger partial charge in [-0.3, -0.25) is 5.10 Å². The molecule has 0 spiro atoms. The first-order chi connectivity index (χ1) is 12.6. The zero-order valence-electron chi connectivity index (χ0n) is 14.4. The van der Waals surface area contributed by atoms with Gasteiger partial charge in [-0.2, -0.15) is 20.1 Å². The molecule has 1 aliphatic carbocycles. The highest BCUT2D eigenvalue weighted by Crippen LogP contribution is 2.39. The van der Waals surface area contributed by atoms with E-state index in [2.05, 4.69) is 45.8 Å². The van der Waals surface area contributed by atoms with Gasteiger partial charge in [-0.1, -0.05) is 0 Å². The fourth-order valence-corrected chi connectivity index (χ4v) is 2.53. The number of hydrogen-bond acceptors (Lipinski definition) is 8. The molecule has 9 nitrogen and oxygen atoms in total. The van der Waals surface area contributed by atoms with Crippen molar-refractivity contribution in [2.75, 3.05) is 10.6 Å². The van der Waals surface area contributed by atoms with Crippen molar-refractivity contribution in [2.24, 2.45) is 0 Å². The fourth-order valence-electron chi connectivity index (χ4n) is 2.53. The molecule has 4 rings (SSSR count). The number of H-pyrrole nitrogens is 1. The maximum atomic E-state index is 13.0. The van der Waals surface area contributed by atoms with Crippen molar-refractivity contribution in [3.8, 4) is 0 Å². The van der Waals surface area contributed by atoms with Crippen LogP contribution in [0, 0.1) is 12.7 Å². The molecule has 0 radical (unpaired) electrons. The van der Waals surface area contributed by atoms with Gasteiger partial charge in [0, 0.05) is 17.7 Å². The van der Waals surface area contributed by atoms with Gasteiger partial charge in [0.05, 0.1) is 18.4 Å². The molecular weight excluding hydrogens is 337 g/mol. The molecule has 134 valence electrons. The number of nitrogens with zero attached hydrogens (tertiary/aromatic N) is 6. The van der Waals surface area contributed by atoms with Gasteiger partial charge in [0.15, 0.2) is 11.6 Å². The van der Waals surface area contributed by atoms with Crippen LogP contribution < -0.4 is 10.6 Å². The molecule has 10 heteroatoms. The van der Waals surface area contributed by atoms with Crippen molar-refractivity contribution in [1.29, 1.82) is 0 Å². The van der Waals surface area contributed by atoms with Crippen LogP contribution in [0.3, 0.4) is 0 Å². The number of nitrogens with one attached hydrogen (secondary N) is 3. The first-order valence-electron chi connectivity index (χ1n) is 8.36. The molecule has 3 aromatic rings. The summed E-state index contributed by atoms with van der Waals surface area (Å²) in [5.74, 6) is 2.54. The molecule has 3 heterocycles. The summed E-state index contributed by atoms with van der Waals surface area (Å²) in [5.41, 5.74) is 1.12. The van der Waals surface area contributed by atoms with Crippen LogP contribution in [0.25, 0.3) is 0 Å². The fraction of sp³-hybridized carbons (Fsp3) is 0.375. The van der Waals surface area contributed by atoms with Gasteiger partial charge in [0.1, 0.15) is 11.6 Å². The molecule has 0 aliphatic heterocycles. The van der Waals surface area contributed by atoms with Crippen molar-refractivity contribution in [1.82, 2.24) is 35.1 Å². The third-order valence-electron chi connectivity index (χ3n) is 3.98. The molecule has 0 saturated heterocycles. The number of rotatable bonds is 6. The Morgan fingerprint density at radius 3 is 2.62 bits per heavy atom. The zero-order valence-corrected chi connectivity index (χ0v) is 14.4. The van der Waals surface area contributed by atoms with E-state index >= 15 is 0 Å². The van der Waals surface area contributed by atoms with E-state index in [0.717, 1.165) is 18.1 Å². The molecule has 1 fully saturated rings. The maximum absolute atomic E-state index is 13.0. The van der Waals surface area contributed by atoms with E-state index in [0.29, 0.717) is 35.3 Å². The molecule has 0 aromatic carbocycles. The monoisotopic (exact) mass is 355 g/mol. The van der Waals surface area contributed by atoms with Gasteiger partial charge in [-0.15, -0.1) is 0 Å². The second-order valence-corrected chi connectivity index (χ2v) is 6.26. The van der Waals surface area contributed by atoms with Gasteiger partial charge < -0.3 is 10.6 Å². The van der Waals surface area contributed by atoms with E-state index < -0.39 is 5.82 Å². The maximum Gasteiger partial charge on any atom is 0.233 e. The van der Waals surface area contributed by atoms with E-state index in [4.69, 9.17) is 0 Å². The van der Waals surface area contributed by atoms with Gasteiger partial charge in [0.2, 0.25) is 11.9 Å². The summed E-state index contributed by atoms with van der Waals surface area (Å²) in [5, 5.41) is 13.4. The highest BCUT2D eigenvalue weighted by molar-refractivity contribution is 5.50. The number of hydrogen-bond donors (Lipinski definition) is 3. The number of halogens is 1. The molecule has 1 aliphatic rings. The molecule has 1 atom stereocenters. The zero-order chi connectivity index (χ0) is 18.1. The second-order valence-electron chi connectivity index (χ2n) is 6.26. The van der Waals surface area contributed by atoms with E-state index in [-0.39, 0.29) is 6.04 Å². The lowest BCUT2D eigenvalue weighted by atomic mass is 10.3. The first-order valence-corrected chi connectivity index (χ1v) is 8.36. The van der Waals surface area contributed by atoms with Crippen molar-refractivity contribution in [2.45, 2.75) is 38.6 Å². The quantitative estimate of drug-likeness (QED) is 0.618. The number of aromatic amines is 1. The predicted molar refractivity (Wildman–Crippen MR) is 92.4 cm³/mol. The summed E-state index contributed by atoms with van der Waals surface area (Å²) in [6.45, 7) is 3.62. The summed E-state index contributed by atoms with van der Waals surface area (Å²) < 4.78 is 13.0. The normalized spacial score (nSPS) is 14.9. The minimum Gasteiger partial charge on any atom is -0.344 e. The summed E-state index contributed by atoms with van der Waals surface area (Å²) in [6.07, 6.45) is 4.65. The molecule has 26 heavy (non-hydrogen) atoms. The minimum atomic E-state index is -0.479. The van der Waals surface area contributed by atoms with Gasteiger partial charge in [-0.25, -0.2) is 14.4 Å². The topological polar surface area (TPSA) is 117 Å². The van der Waals surface area contributed by atoms with E-state index in [1.165, 1.54) is 12.8 Å². The Morgan fingerprint density at radius 2 is 1.88 bits per heavy atom. The lowest BCUT2D eigenvalue weighted by Crippen LogP contribution is -2.14. The standard InChI is InChI=1S/C16H18FN9/c1-8(14-18-6-11(17)7-19-14)20-15-21-9(2)22-16(24-15)23-13-5-12(25-26-13)10-3-4-10/h5-8,10H,3-4H2,1-2H3,(H3,20,21,22,23,24,25,26). The highest BCUT2D eigenvalue weighted by atomic mass is 19.1. The Labute approximate surface area is 148 Å². The molecule has 0 bridgehead atoms. The second kappa shape index (κ2) is 6.62. The Hall–Kier alpha value is -3.17. The van der Waals surface area contributed by atoms with Crippen LogP contribution in [-0.2, 0) is 0 Å². The Balaban J connectivity index is 1.48. The highest BCUT2D eigenvalue weighted by Gasteiger charge is 2.25. The third kappa shape index (κ3) is 3.73. The van der Waals surface area contributed by atoms with E-state index in [9.17, 15) is 4.39 Å². The molecule has 0 amide bonds. The van der Waals surface area contributed by atoms with Crippen LogP contribution in [-0.4, -0.2) is 35.1 Å². The lowest BCUT2D eigenvalue weighted by molar-refractivity contribution is 0.604. The average Bonchev–Trinajstić information content (AvgIpc) is 3.35. The summed E-state index contributed by atoms with van der Waals surface area (Å²) in [6, 6.07) is 1.68. The smallest absolute Gasteiger partial charge is 0.233 e. The van der Waals surface area contributed by atoms with Crippen LogP contribution in [0.2, 0.25) is 0 Å². The third-order valence-corrected chi connectivity index (χ3v) is 3.98.